The van der Waals surface area contributed by atoms with Gasteiger partial charge in [-0.3, -0.25) is 10.1 Å². The third kappa shape index (κ3) is 2.25. The van der Waals surface area contributed by atoms with Gasteiger partial charge in [0, 0.05) is 5.39 Å². The molecule has 0 spiro atoms. The van der Waals surface area contributed by atoms with Crippen LogP contribution in [-0.2, 0) is 0 Å². The first-order chi connectivity index (χ1) is 10.1. The Balaban J connectivity index is 2.11. The summed E-state index contributed by atoms with van der Waals surface area (Å²) in [4.78, 5) is 10.0. The topological polar surface area (TPSA) is 82.3 Å². The zero-order chi connectivity index (χ0) is 15.0. The second-order valence-electron chi connectivity index (χ2n) is 4.59. The third-order valence-electron chi connectivity index (χ3n) is 3.34. The number of rotatable bonds is 3. The maximum absolute atomic E-state index is 13.8. The molecule has 2 aromatic carbocycles. The van der Waals surface area contributed by atoms with E-state index in [2.05, 4.69) is 0 Å². The molecule has 0 radical (unpaired) electrons. The summed E-state index contributed by atoms with van der Waals surface area (Å²) >= 11 is 0. The molecule has 3 aromatic rings. The minimum absolute atomic E-state index is 0.262. The molecule has 106 valence electrons. The molecule has 1 atom stereocenters. The SMILES string of the molecule is NC(c1ccc([N+](=O)[O-])o1)c1ccc(F)c2ccccc12. The van der Waals surface area contributed by atoms with E-state index < -0.39 is 11.0 Å². The zero-order valence-electron chi connectivity index (χ0n) is 10.8. The van der Waals surface area contributed by atoms with Crippen molar-refractivity contribution in [2.24, 2.45) is 5.73 Å². The quantitative estimate of drug-likeness (QED) is 0.589. The molecule has 5 nitrogen and oxygen atoms in total. The van der Waals surface area contributed by atoms with Crippen LogP contribution in [0.15, 0.2) is 52.9 Å². The van der Waals surface area contributed by atoms with Gasteiger partial charge in [-0.25, -0.2) is 4.39 Å². The number of fused-ring (bicyclic) bond motifs is 1. The van der Waals surface area contributed by atoms with Crippen molar-refractivity contribution in [3.63, 3.8) is 0 Å². The lowest BCUT2D eigenvalue weighted by molar-refractivity contribution is -0.402. The fourth-order valence-corrected chi connectivity index (χ4v) is 2.32. The van der Waals surface area contributed by atoms with Gasteiger partial charge >= 0.3 is 5.88 Å². The fraction of sp³-hybridized carbons (Fsp3) is 0.0667. The summed E-state index contributed by atoms with van der Waals surface area (Å²) in [7, 11) is 0. The molecule has 3 rings (SSSR count). The predicted molar refractivity (Wildman–Crippen MR) is 75.3 cm³/mol. The molecule has 1 heterocycles. The molecule has 6 heteroatoms. The second kappa shape index (κ2) is 4.99. The summed E-state index contributed by atoms with van der Waals surface area (Å²) in [6.07, 6.45) is 0. The molecule has 1 aromatic heterocycles. The highest BCUT2D eigenvalue weighted by molar-refractivity contribution is 5.87. The van der Waals surface area contributed by atoms with Crippen LogP contribution in [0.25, 0.3) is 10.8 Å². The first kappa shape index (κ1) is 13.3. The van der Waals surface area contributed by atoms with E-state index >= 15 is 0 Å². The molecule has 0 aliphatic rings. The molecular weight excluding hydrogens is 275 g/mol. The van der Waals surface area contributed by atoms with Gasteiger partial charge in [0.2, 0.25) is 0 Å². The summed E-state index contributed by atoms with van der Waals surface area (Å²) in [6, 6.07) is 11.8. The molecule has 0 aliphatic carbocycles. The van der Waals surface area contributed by atoms with Gasteiger partial charge < -0.3 is 10.2 Å². The van der Waals surface area contributed by atoms with E-state index in [9.17, 15) is 14.5 Å². The van der Waals surface area contributed by atoms with E-state index in [1.165, 1.54) is 18.2 Å². The van der Waals surface area contributed by atoms with Crippen LogP contribution in [0.2, 0.25) is 0 Å². The van der Waals surface area contributed by atoms with E-state index in [4.69, 9.17) is 10.2 Å². The number of nitro groups is 1. The van der Waals surface area contributed by atoms with E-state index in [1.807, 2.05) is 0 Å². The fourth-order valence-electron chi connectivity index (χ4n) is 2.32. The van der Waals surface area contributed by atoms with Crippen LogP contribution in [0.5, 0.6) is 0 Å². The van der Waals surface area contributed by atoms with Gasteiger partial charge in [-0.2, -0.15) is 0 Å². The van der Waals surface area contributed by atoms with Crippen molar-refractivity contribution in [2.75, 3.05) is 0 Å². The molecule has 0 saturated carbocycles. The number of benzene rings is 2. The van der Waals surface area contributed by atoms with Crippen molar-refractivity contribution < 1.29 is 13.7 Å². The zero-order valence-corrected chi connectivity index (χ0v) is 10.8. The normalized spacial score (nSPS) is 12.5. The lowest BCUT2D eigenvalue weighted by Gasteiger charge is -2.12. The van der Waals surface area contributed by atoms with E-state index in [0.29, 0.717) is 16.3 Å². The maximum atomic E-state index is 13.8. The largest absolute Gasteiger partial charge is 0.433 e. The Hall–Kier alpha value is -2.73. The van der Waals surface area contributed by atoms with E-state index in [0.717, 1.165) is 0 Å². The minimum atomic E-state index is -0.704. The van der Waals surface area contributed by atoms with Gasteiger partial charge in [0.1, 0.15) is 16.5 Å². The molecule has 0 amide bonds. The van der Waals surface area contributed by atoms with E-state index in [-0.39, 0.29) is 17.5 Å². The Bertz CT molecular complexity index is 829. The summed E-state index contributed by atoms with van der Waals surface area (Å²) in [5.74, 6) is -0.447. The van der Waals surface area contributed by atoms with Crippen LogP contribution in [0.4, 0.5) is 10.3 Å². The Morgan fingerprint density at radius 2 is 1.81 bits per heavy atom. The average molecular weight is 286 g/mol. The van der Waals surface area contributed by atoms with Crippen LogP contribution in [0.1, 0.15) is 17.4 Å². The Labute approximate surface area is 118 Å². The number of halogens is 1. The van der Waals surface area contributed by atoms with E-state index in [1.54, 1.807) is 30.3 Å². The molecule has 2 N–H and O–H groups in total. The highest BCUT2D eigenvalue weighted by Crippen LogP contribution is 2.31. The summed E-state index contributed by atoms with van der Waals surface area (Å²) in [5.41, 5.74) is 6.76. The Morgan fingerprint density at radius 3 is 2.48 bits per heavy atom. The standard InChI is InChI=1S/C15H11FN2O3/c16-12-6-5-11(9-3-1-2-4-10(9)12)15(17)13-7-8-14(21-13)18(19)20/h1-8,15H,17H2. The summed E-state index contributed by atoms with van der Waals surface area (Å²) in [6.45, 7) is 0. The molecule has 0 aliphatic heterocycles. The van der Waals surface area contributed by atoms with Crippen molar-refractivity contribution in [3.05, 3.63) is 75.8 Å². The first-order valence-corrected chi connectivity index (χ1v) is 6.25. The predicted octanol–water partition coefficient (Wildman–Crippen LogP) is 3.53. The van der Waals surface area contributed by atoms with Crippen LogP contribution in [0, 0.1) is 15.9 Å². The number of nitrogens with zero attached hydrogens (tertiary/aromatic N) is 1. The van der Waals surface area contributed by atoms with Crippen molar-refractivity contribution in [3.8, 4) is 0 Å². The lowest BCUT2D eigenvalue weighted by Crippen LogP contribution is -2.11. The molecule has 0 saturated heterocycles. The van der Waals surface area contributed by atoms with Crippen LogP contribution >= 0.6 is 0 Å². The van der Waals surface area contributed by atoms with Gasteiger partial charge in [0.25, 0.3) is 0 Å². The molecular formula is C15H11FN2O3. The Morgan fingerprint density at radius 1 is 1.10 bits per heavy atom. The molecule has 1 unspecified atom stereocenters. The Kier molecular flexibility index (Phi) is 3.15. The van der Waals surface area contributed by atoms with Crippen molar-refractivity contribution in [1.82, 2.24) is 0 Å². The highest BCUT2D eigenvalue weighted by Gasteiger charge is 2.20. The third-order valence-corrected chi connectivity index (χ3v) is 3.34. The van der Waals surface area contributed by atoms with Gasteiger partial charge in [-0.1, -0.05) is 30.3 Å². The van der Waals surface area contributed by atoms with Crippen molar-refractivity contribution in [2.45, 2.75) is 6.04 Å². The number of hydrogen-bond acceptors (Lipinski definition) is 4. The maximum Gasteiger partial charge on any atom is 0.433 e. The summed E-state index contributed by atoms with van der Waals surface area (Å²) in [5, 5.41) is 11.8. The average Bonchev–Trinajstić information content (AvgIpc) is 2.97. The summed E-state index contributed by atoms with van der Waals surface area (Å²) < 4.78 is 18.9. The highest BCUT2D eigenvalue weighted by atomic mass is 19.1. The number of furan rings is 1. The van der Waals surface area contributed by atoms with Gasteiger partial charge in [-0.15, -0.1) is 0 Å². The number of hydrogen-bond donors (Lipinski definition) is 1. The smallest absolute Gasteiger partial charge is 0.404 e. The number of nitrogens with two attached hydrogens (primary N) is 1. The molecule has 21 heavy (non-hydrogen) atoms. The van der Waals surface area contributed by atoms with Crippen molar-refractivity contribution in [1.29, 1.82) is 0 Å². The monoisotopic (exact) mass is 286 g/mol. The van der Waals surface area contributed by atoms with Crippen LogP contribution in [-0.4, -0.2) is 4.92 Å². The molecule has 0 bridgehead atoms. The molecule has 0 fully saturated rings. The lowest BCUT2D eigenvalue weighted by atomic mass is 9.97. The van der Waals surface area contributed by atoms with Crippen LogP contribution < -0.4 is 5.73 Å². The first-order valence-electron chi connectivity index (χ1n) is 6.25. The second-order valence-corrected chi connectivity index (χ2v) is 4.59. The van der Waals surface area contributed by atoms with Gasteiger partial charge in [0.05, 0.1) is 12.1 Å². The van der Waals surface area contributed by atoms with Gasteiger partial charge in [0.15, 0.2) is 0 Å². The van der Waals surface area contributed by atoms with Crippen LogP contribution in [0.3, 0.4) is 0 Å². The van der Waals surface area contributed by atoms with Crippen molar-refractivity contribution >= 4 is 16.7 Å². The van der Waals surface area contributed by atoms with Gasteiger partial charge in [-0.05, 0) is 23.1 Å². The minimum Gasteiger partial charge on any atom is -0.404 e.